The molecule has 0 radical (unpaired) electrons. The maximum atomic E-state index is 12.7. The van der Waals surface area contributed by atoms with E-state index in [9.17, 15) is 27.6 Å². The Morgan fingerprint density at radius 1 is 1.25 bits per heavy atom. The molecule has 1 aromatic carbocycles. The molecule has 1 saturated heterocycles. The number of nitrogens with zero attached hydrogens (tertiary/aromatic N) is 2. The van der Waals surface area contributed by atoms with E-state index in [1.165, 1.54) is 6.92 Å². The van der Waals surface area contributed by atoms with Crippen molar-refractivity contribution in [3.63, 3.8) is 0 Å². The van der Waals surface area contributed by atoms with Crippen molar-refractivity contribution in [1.29, 1.82) is 0 Å². The fourth-order valence-corrected chi connectivity index (χ4v) is 2.70. The number of halogens is 3. The molecule has 0 unspecified atom stereocenters. The summed E-state index contributed by atoms with van der Waals surface area (Å²) in [6.45, 7) is 1.29. The van der Waals surface area contributed by atoms with Gasteiger partial charge in [-0.05, 0) is 36.8 Å². The van der Waals surface area contributed by atoms with Crippen molar-refractivity contribution in [2.75, 3.05) is 11.9 Å². The van der Waals surface area contributed by atoms with Gasteiger partial charge in [-0.15, -0.1) is 0 Å². The van der Waals surface area contributed by atoms with Crippen molar-refractivity contribution in [2.45, 2.75) is 19.6 Å². The molecule has 2 N–H and O–H groups in total. The number of rotatable bonds is 4. The normalized spacial score (nSPS) is 14.2. The number of carbonyl (C=O) groups is 3. The molecule has 0 aliphatic carbocycles. The monoisotopic (exact) mass is 392 g/mol. The van der Waals surface area contributed by atoms with Crippen LogP contribution >= 0.6 is 0 Å². The molecule has 1 aliphatic heterocycles. The molecule has 2 heterocycles. The number of hydrogen-bond donors (Lipinski definition) is 2. The fourth-order valence-electron chi connectivity index (χ4n) is 2.70. The quantitative estimate of drug-likeness (QED) is 0.783. The molecule has 2 aromatic rings. The number of imide groups is 1. The second-order valence-corrected chi connectivity index (χ2v) is 6.12. The lowest BCUT2D eigenvalue weighted by Gasteiger charge is -2.14. The van der Waals surface area contributed by atoms with E-state index < -0.39 is 23.8 Å². The van der Waals surface area contributed by atoms with Crippen LogP contribution in [0.4, 0.5) is 23.7 Å². The number of benzene rings is 1. The Morgan fingerprint density at radius 2 is 2.00 bits per heavy atom. The van der Waals surface area contributed by atoms with Crippen LogP contribution in [0.15, 0.2) is 36.4 Å². The Hall–Kier alpha value is -3.43. The van der Waals surface area contributed by atoms with Crippen LogP contribution in [0.25, 0.3) is 0 Å². The van der Waals surface area contributed by atoms with Gasteiger partial charge in [-0.25, -0.2) is 9.78 Å². The number of aromatic nitrogens is 1. The van der Waals surface area contributed by atoms with Crippen molar-refractivity contribution < 1.29 is 27.6 Å². The summed E-state index contributed by atoms with van der Waals surface area (Å²) < 4.78 is 38.1. The van der Waals surface area contributed by atoms with Crippen LogP contribution in [-0.2, 0) is 17.5 Å². The summed E-state index contributed by atoms with van der Waals surface area (Å²) in [6, 6.07) is 7.78. The summed E-state index contributed by atoms with van der Waals surface area (Å²) in [5.41, 5.74) is -0.147. The summed E-state index contributed by atoms with van der Waals surface area (Å²) in [6.07, 6.45) is -4.59. The molecule has 3 rings (SSSR count). The lowest BCUT2D eigenvalue weighted by molar-refractivity contribution is -0.141. The third kappa shape index (κ3) is 4.11. The number of amides is 4. The van der Waals surface area contributed by atoms with E-state index in [1.54, 1.807) is 24.3 Å². The van der Waals surface area contributed by atoms with E-state index in [-0.39, 0.29) is 30.3 Å². The zero-order valence-corrected chi connectivity index (χ0v) is 14.6. The number of urea groups is 1. The first-order chi connectivity index (χ1) is 13.1. The van der Waals surface area contributed by atoms with Gasteiger partial charge in [-0.1, -0.05) is 12.1 Å². The molecule has 0 bridgehead atoms. The van der Waals surface area contributed by atoms with Crippen LogP contribution in [-0.4, -0.2) is 34.3 Å². The Balaban J connectivity index is 1.74. The Labute approximate surface area is 157 Å². The van der Waals surface area contributed by atoms with Crippen molar-refractivity contribution >= 4 is 23.5 Å². The first-order valence-electron chi connectivity index (χ1n) is 8.18. The maximum Gasteiger partial charge on any atom is 0.433 e. The van der Waals surface area contributed by atoms with Crippen LogP contribution in [0, 0.1) is 6.92 Å². The van der Waals surface area contributed by atoms with Crippen molar-refractivity contribution in [2.24, 2.45) is 0 Å². The molecule has 0 atom stereocenters. The lowest BCUT2D eigenvalue weighted by atomic mass is 10.1. The van der Waals surface area contributed by atoms with Crippen LogP contribution in [0.5, 0.6) is 0 Å². The van der Waals surface area contributed by atoms with Crippen LogP contribution < -0.4 is 10.6 Å². The van der Waals surface area contributed by atoms with E-state index in [4.69, 9.17) is 0 Å². The van der Waals surface area contributed by atoms with Gasteiger partial charge in [0.2, 0.25) is 5.91 Å². The molecular formula is C18H15F3N4O3. The fraction of sp³-hybridized carbons (Fsp3) is 0.222. The van der Waals surface area contributed by atoms with Gasteiger partial charge in [0.05, 0.1) is 24.3 Å². The van der Waals surface area contributed by atoms with Crippen LogP contribution in [0.1, 0.15) is 27.3 Å². The minimum atomic E-state index is -4.59. The van der Waals surface area contributed by atoms with Gasteiger partial charge in [0.15, 0.2) is 0 Å². The Morgan fingerprint density at radius 3 is 2.61 bits per heavy atom. The molecule has 0 spiro atoms. The Kier molecular flexibility index (Phi) is 5.04. The number of alkyl halides is 3. The second kappa shape index (κ2) is 7.29. The summed E-state index contributed by atoms with van der Waals surface area (Å²) in [7, 11) is 0. The number of aryl methyl sites for hydroxylation is 1. The highest BCUT2D eigenvalue weighted by molar-refractivity contribution is 6.05. The highest BCUT2D eigenvalue weighted by Gasteiger charge is 2.33. The molecule has 1 aliphatic rings. The van der Waals surface area contributed by atoms with E-state index in [0.717, 1.165) is 17.0 Å². The van der Waals surface area contributed by atoms with Crippen molar-refractivity contribution in [1.82, 2.24) is 15.2 Å². The standard InChI is InChI=1S/C18H15F3N4O3/c1-10-13(5-6-14(23-10)18(19,20)21)16(27)24-12-4-2-3-11(7-12)9-25-15(26)8-22-17(25)28/h2-7H,8-9H2,1H3,(H,22,28)(H,24,27). The van der Waals surface area contributed by atoms with Crippen molar-refractivity contribution in [3.8, 4) is 0 Å². The van der Waals surface area contributed by atoms with Gasteiger partial charge in [-0.2, -0.15) is 13.2 Å². The molecule has 146 valence electrons. The highest BCUT2D eigenvalue weighted by Crippen LogP contribution is 2.28. The molecule has 0 saturated carbocycles. The third-order valence-corrected chi connectivity index (χ3v) is 4.08. The number of nitrogens with one attached hydrogen (secondary N) is 2. The topological polar surface area (TPSA) is 91.4 Å². The van der Waals surface area contributed by atoms with Gasteiger partial charge in [0.1, 0.15) is 5.69 Å². The number of hydrogen-bond acceptors (Lipinski definition) is 4. The van der Waals surface area contributed by atoms with Crippen molar-refractivity contribution in [3.05, 3.63) is 58.9 Å². The van der Waals surface area contributed by atoms with Crippen LogP contribution in [0.2, 0.25) is 0 Å². The average Bonchev–Trinajstić information content (AvgIpc) is 2.93. The molecule has 1 aromatic heterocycles. The first-order valence-corrected chi connectivity index (χ1v) is 8.18. The summed E-state index contributed by atoms with van der Waals surface area (Å²) in [5.74, 6) is -0.975. The zero-order chi connectivity index (χ0) is 20.5. The first kappa shape index (κ1) is 19.3. The summed E-state index contributed by atoms with van der Waals surface area (Å²) in [4.78, 5) is 40.1. The molecular weight excluding hydrogens is 377 g/mol. The average molecular weight is 392 g/mol. The Bertz CT molecular complexity index is 943. The number of anilines is 1. The number of carbonyl (C=O) groups excluding carboxylic acids is 3. The highest BCUT2D eigenvalue weighted by atomic mass is 19.4. The van der Waals surface area contributed by atoms with E-state index in [1.807, 2.05) is 0 Å². The molecule has 7 nitrogen and oxygen atoms in total. The van der Waals surface area contributed by atoms with Gasteiger partial charge < -0.3 is 10.6 Å². The summed E-state index contributed by atoms with van der Waals surface area (Å²) >= 11 is 0. The zero-order valence-electron chi connectivity index (χ0n) is 14.6. The summed E-state index contributed by atoms with van der Waals surface area (Å²) in [5, 5.41) is 4.99. The van der Waals surface area contributed by atoms with E-state index >= 15 is 0 Å². The van der Waals surface area contributed by atoms with E-state index in [2.05, 4.69) is 15.6 Å². The van der Waals surface area contributed by atoms with Gasteiger partial charge >= 0.3 is 12.2 Å². The minimum Gasteiger partial charge on any atom is -0.329 e. The molecule has 10 heteroatoms. The molecule has 1 fully saturated rings. The SMILES string of the molecule is Cc1nc(C(F)(F)F)ccc1C(=O)Nc1cccc(CN2C(=O)CNC2=O)c1. The maximum absolute atomic E-state index is 12.7. The smallest absolute Gasteiger partial charge is 0.329 e. The third-order valence-electron chi connectivity index (χ3n) is 4.08. The van der Waals surface area contributed by atoms with Gasteiger partial charge in [0.25, 0.3) is 5.91 Å². The lowest BCUT2D eigenvalue weighted by Crippen LogP contribution is -2.30. The molecule has 4 amide bonds. The minimum absolute atomic E-state index is 0.00695. The van der Waals surface area contributed by atoms with E-state index in [0.29, 0.717) is 11.3 Å². The van der Waals surface area contributed by atoms with Gasteiger partial charge in [0, 0.05) is 5.69 Å². The number of pyridine rings is 1. The second-order valence-electron chi connectivity index (χ2n) is 6.12. The predicted octanol–water partition coefficient (Wildman–Crippen LogP) is 2.71. The van der Waals surface area contributed by atoms with Gasteiger partial charge in [-0.3, -0.25) is 14.5 Å². The molecule has 28 heavy (non-hydrogen) atoms. The largest absolute Gasteiger partial charge is 0.433 e. The predicted molar refractivity (Wildman–Crippen MR) is 92.3 cm³/mol. The van der Waals surface area contributed by atoms with Crippen LogP contribution in [0.3, 0.4) is 0 Å².